The number of rotatable bonds is 1. The number of hydrogen-bond acceptors (Lipinski definition) is 2. The number of hydrogen-bond donors (Lipinski definition) is 1. The number of para-hydroxylation sites is 1. The lowest BCUT2D eigenvalue weighted by Gasteiger charge is -2.55. The number of anilines is 1. The number of nitrogens with zero attached hydrogens (tertiary/aromatic N) is 2. The second kappa shape index (κ2) is 7.17. The Labute approximate surface area is 166 Å². The van der Waals surface area contributed by atoms with Crippen LogP contribution in [-0.2, 0) is 0 Å². The minimum absolute atomic E-state index is 0.245. The van der Waals surface area contributed by atoms with Gasteiger partial charge in [0.1, 0.15) is 5.82 Å². The van der Waals surface area contributed by atoms with Crippen molar-refractivity contribution in [3.8, 4) is 0 Å². The van der Waals surface area contributed by atoms with Crippen molar-refractivity contribution in [3.63, 3.8) is 0 Å². The first-order chi connectivity index (χ1) is 13.2. The van der Waals surface area contributed by atoms with E-state index in [0.717, 1.165) is 24.9 Å². The van der Waals surface area contributed by atoms with Crippen molar-refractivity contribution >= 4 is 23.0 Å². The summed E-state index contributed by atoms with van der Waals surface area (Å²) >= 11 is 5.75. The lowest BCUT2D eigenvalue weighted by atomic mass is 9.68. The van der Waals surface area contributed by atoms with E-state index in [0.29, 0.717) is 22.8 Å². The molecular weight excluding hydrogens is 357 g/mol. The van der Waals surface area contributed by atoms with Gasteiger partial charge in [0.25, 0.3) is 0 Å². The SMILES string of the molecule is Fc1ccccc1NC(=S)N1CCCC2=C[C@H]3C[C@H](CN4CCCC[C@H]34)[C@@H]21. The van der Waals surface area contributed by atoms with Gasteiger partial charge in [0.05, 0.1) is 11.7 Å². The number of piperidine rings is 3. The highest BCUT2D eigenvalue weighted by Crippen LogP contribution is 2.45. The summed E-state index contributed by atoms with van der Waals surface area (Å²) in [5, 5.41) is 3.86. The van der Waals surface area contributed by atoms with Gasteiger partial charge in [-0.2, -0.15) is 0 Å². The van der Waals surface area contributed by atoms with Crippen molar-refractivity contribution in [2.45, 2.75) is 50.6 Å². The summed E-state index contributed by atoms with van der Waals surface area (Å²) in [6.07, 6.45) is 10.3. The molecule has 1 aliphatic carbocycles. The van der Waals surface area contributed by atoms with Crippen LogP contribution < -0.4 is 5.32 Å². The Kier molecular flexibility index (Phi) is 4.68. The monoisotopic (exact) mass is 385 g/mol. The lowest BCUT2D eigenvalue weighted by Crippen LogP contribution is -2.60. The fourth-order valence-corrected chi connectivity index (χ4v) is 6.27. The van der Waals surface area contributed by atoms with Crippen LogP contribution in [0.1, 0.15) is 38.5 Å². The fourth-order valence-electron chi connectivity index (χ4n) is 5.95. The summed E-state index contributed by atoms with van der Waals surface area (Å²) in [5.74, 6) is 1.12. The highest BCUT2D eigenvalue weighted by Gasteiger charge is 2.46. The Morgan fingerprint density at radius 3 is 2.93 bits per heavy atom. The van der Waals surface area contributed by atoms with Gasteiger partial charge in [0.2, 0.25) is 0 Å². The van der Waals surface area contributed by atoms with Gasteiger partial charge in [-0.3, -0.25) is 4.90 Å². The molecule has 3 saturated heterocycles. The van der Waals surface area contributed by atoms with Crippen LogP contribution in [0.4, 0.5) is 10.1 Å². The van der Waals surface area contributed by atoms with Gasteiger partial charge in [0.15, 0.2) is 5.11 Å². The summed E-state index contributed by atoms with van der Waals surface area (Å²) in [4.78, 5) is 5.10. The van der Waals surface area contributed by atoms with Gasteiger partial charge in [-0.1, -0.05) is 30.2 Å². The molecule has 3 fully saturated rings. The van der Waals surface area contributed by atoms with Gasteiger partial charge in [-0.25, -0.2) is 4.39 Å². The third-order valence-corrected chi connectivity index (χ3v) is 7.37. The van der Waals surface area contributed by atoms with E-state index in [2.05, 4.69) is 21.2 Å². The number of nitrogens with one attached hydrogen (secondary N) is 1. The highest BCUT2D eigenvalue weighted by atomic mass is 32.1. The molecule has 4 aliphatic rings. The first kappa shape index (κ1) is 17.6. The van der Waals surface area contributed by atoms with Crippen LogP contribution in [0.15, 0.2) is 35.9 Å². The molecule has 1 aromatic rings. The quantitative estimate of drug-likeness (QED) is 0.570. The second-order valence-corrected chi connectivity index (χ2v) is 9.00. The first-order valence-corrected chi connectivity index (χ1v) is 10.9. The van der Waals surface area contributed by atoms with E-state index in [-0.39, 0.29) is 5.82 Å². The zero-order chi connectivity index (χ0) is 18.4. The topological polar surface area (TPSA) is 18.5 Å². The molecule has 0 spiro atoms. The smallest absolute Gasteiger partial charge is 0.174 e. The maximum absolute atomic E-state index is 14.1. The molecular formula is C22H28FN3S. The summed E-state index contributed by atoms with van der Waals surface area (Å²) in [6.45, 7) is 3.42. The predicted molar refractivity (Wildman–Crippen MR) is 111 cm³/mol. The van der Waals surface area contributed by atoms with E-state index in [4.69, 9.17) is 12.2 Å². The van der Waals surface area contributed by atoms with Crippen molar-refractivity contribution in [3.05, 3.63) is 41.7 Å². The summed E-state index contributed by atoms with van der Waals surface area (Å²) < 4.78 is 14.1. The van der Waals surface area contributed by atoms with Crippen LogP contribution in [0.5, 0.6) is 0 Å². The maximum Gasteiger partial charge on any atom is 0.174 e. The molecule has 144 valence electrons. The standard InChI is InChI=1S/C22H28FN3S/c23-18-7-1-2-8-19(18)24-22(27)26-11-5-6-15-12-16-13-17(21(15)26)14-25-10-4-3-9-20(16)25/h1-2,7-8,12,16-17,20-21H,3-6,9-11,13-14H2,(H,24,27)/t16-,17+,20+,21+/m0/s1. The minimum atomic E-state index is -0.245. The third kappa shape index (κ3) is 3.19. The number of fused-ring (bicyclic) bond motifs is 6. The van der Waals surface area contributed by atoms with Crippen LogP contribution in [-0.4, -0.2) is 46.6 Å². The molecule has 2 bridgehead atoms. The lowest BCUT2D eigenvalue weighted by molar-refractivity contribution is 0.0132. The minimum Gasteiger partial charge on any atom is -0.342 e. The van der Waals surface area contributed by atoms with Crippen LogP contribution in [0.2, 0.25) is 0 Å². The van der Waals surface area contributed by atoms with E-state index in [1.807, 2.05) is 6.07 Å². The van der Waals surface area contributed by atoms with E-state index in [9.17, 15) is 4.39 Å². The van der Waals surface area contributed by atoms with E-state index in [1.54, 1.807) is 17.7 Å². The zero-order valence-corrected chi connectivity index (χ0v) is 16.6. The molecule has 0 saturated carbocycles. The normalized spacial score (nSPS) is 32.9. The van der Waals surface area contributed by atoms with E-state index >= 15 is 0 Å². The number of likely N-dealkylation sites (tertiary alicyclic amines) is 1. The third-order valence-electron chi connectivity index (χ3n) is 7.03. The number of thiocarbonyl (C=S) groups is 1. The van der Waals surface area contributed by atoms with Crippen LogP contribution >= 0.6 is 12.2 Å². The summed E-state index contributed by atoms with van der Waals surface area (Å²) in [6, 6.07) is 7.96. The van der Waals surface area contributed by atoms with Crippen molar-refractivity contribution in [2.75, 3.05) is 25.0 Å². The maximum atomic E-state index is 14.1. The average Bonchev–Trinajstić information content (AvgIpc) is 2.69. The van der Waals surface area contributed by atoms with Gasteiger partial charge in [0, 0.05) is 19.1 Å². The zero-order valence-electron chi connectivity index (χ0n) is 15.7. The van der Waals surface area contributed by atoms with Crippen molar-refractivity contribution in [1.82, 2.24) is 9.80 Å². The molecule has 3 aliphatic heterocycles. The molecule has 3 heterocycles. The second-order valence-electron chi connectivity index (χ2n) is 8.61. The molecule has 27 heavy (non-hydrogen) atoms. The summed E-state index contributed by atoms with van der Waals surface area (Å²) in [7, 11) is 0. The van der Waals surface area contributed by atoms with Crippen LogP contribution in [0, 0.1) is 17.7 Å². The molecule has 5 rings (SSSR count). The van der Waals surface area contributed by atoms with Crippen LogP contribution in [0.25, 0.3) is 0 Å². The van der Waals surface area contributed by atoms with Gasteiger partial charge < -0.3 is 10.2 Å². The molecule has 0 aromatic heterocycles. The van der Waals surface area contributed by atoms with E-state index in [1.165, 1.54) is 51.3 Å². The van der Waals surface area contributed by atoms with Crippen molar-refractivity contribution < 1.29 is 4.39 Å². The van der Waals surface area contributed by atoms with Gasteiger partial charge in [-0.05, 0) is 74.8 Å². The van der Waals surface area contributed by atoms with Crippen LogP contribution in [0.3, 0.4) is 0 Å². The Morgan fingerprint density at radius 2 is 2.04 bits per heavy atom. The molecule has 4 atom stereocenters. The molecule has 0 unspecified atom stereocenters. The Balaban J connectivity index is 1.40. The predicted octanol–water partition coefficient (Wildman–Crippen LogP) is 4.42. The Hall–Kier alpha value is -1.46. The molecule has 1 N–H and O–H groups in total. The van der Waals surface area contributed by atoms with Crippen molar-refractivity contribution in [1.29, 1.82) is 0 Å². The van der Waals surface area contributed by atoms with E-state index < -0.39 is 0 Å². The molecule has 0 radical (unpaired) electrons. The number of halogens is 1. The largest absolute Gasteiger partial charge is 0.342 e. The summed E-state index contributed by atoms with van der Waals surface area (Å²) in [5.41, 5.74) is 2.07. The average molecular weight is 386 g/mol. The Morgan fingerprint density at radius 1 is 1.15 bits per heavy atom. The van der Waals surface area contributed by atoms with Gasteiger partial charge in [-0.15, -0.1) is 0 Å². The van der Waals surface area contributed by atoms with Crippen molar-refractivity contribution in [2.24, 2.45) is 11.8 Å². The number of benzene rings is 1. The molecule has 0 amide bonds. The Bertz CT molecular complexity index is 764. The molecule has 3 nitrogen and oxygen atoms in total. The fraction of sp³-hybridized carbons (Fsp3) is 0.591. The first-order valence-electron chi connectivity index (χ1n) is 10.5. The molecule has 5 heteroatoms. The molecule has 1 aromatic carbocycles. The highest BCUT2D eigenvalue weighted by molar-refractivity contribution is 7.80. The van der Waals surface area contributed by atoms with Gasteiger partial charge >= 0.3 is 0 Å².